The van der Waals surface area contributed by atoms with Gasteiger partial charge in [-0.25, -0.2) is 0 Å². The number of anilines is 1. The maximum atomic E-state index is 12.9. The van der Waals surface area contributed by atoms with Crippen LogP contribution in [0, 0.1) is 0 Å². The number of fused-ring (bicyclic) bond motifs is 1. The Kier molecular flexibility index (Phi) is 9.59. The molecule has 3 aromatic carbocycles. The highest BCUT2D eigenvalue weighted by Gasteiger charge is 2.32. The third-order valence-corrected chi connectivity index (χ3v) is 9.49. The summed E-state index contributed by atoms with van der Waals surface area (Å²) in [4.78, 5) is 17.9. The number of likely N-dealkylation sites (tertiary alicyclic amines) is 1. The van der Waals surface area contributed by atoms with Crippen molar-refractivity contribution in [1.29, 1.82) is 0 Å². The highest BCUT2D eigenvalue weighted by Crippen LogP contribution is 2.39. The van der Waals surface area contributed by atoms with Gasteiger partial charge in [-0.2, -0.15) is 0 Å². The molecule has 0 amide bonds. The monoisotopic (exact) mass is 639 g/mol. The van der Waals surface area contributed by atoms with E-state index in [1.165, 1.54) is 41.4 Å². The Morgan fingerprint density at radius 3 is 2.57 bits per heavy atom. The van der Waals surface area contributed by atoms with E-state index in [1.54, 1.807) is 0 Å². The number of Topliss-reactive ketones (excluding diaryl/α,β-unsaturated/α-hetero) is 1. The number of ketones is 1. The van der Waals surface area contributed by atoms with Crippen LogP contribution in [-0.2, 0) is 13.0 Å². The first-order chi connectivity index (χ1) is 22.2. The van der Waals surface area contributed by atoms with Gasteiger partial charge in [-0.05, 0) is 67.9 Å². The van der Waals surface area contributed by atoms with E-state index in [9.17, 15) is 15.0 Å². The molecule has 0 aliphatic carbocycles. The van der Waals surface area contributed by atoms with E-state index in [4.69, 9.17) is 16.3 Å². The molecule has 3 aliphatic heterocycles. The van der Waals surface area contributed by atoms with E-state index in [0.29, 0.717) is 17.1 Å². The molecule has 7 nitrogen and oxygen atoms in total. The van der Waals surface area contributed by atoms with Gasteiger partial charge >= 0.3 is 0 Å². The van der Waals surface area contributed by atoms with Crippen molar-refractivity contribution in [3.63, 3.8) is 0 Å². The van der Waals surface area contributed by atoms with Crippen LogP contribution >= 0.6 is 11.6 Å². The molecule has 6 rings (SSSR count). The minimum Gasteiger partial charge on any atom is -0.508 e. The number of piperidine rings is 2. The first-order valence-electron chi connectivity index (χ1n) is 16.1. The number of nitrogens with one attached hydrogen (secondary N) is 1. The normalized spacial score (nSPS) is 18.9. The number of phenolic OH excluding ortho intramolecular Hbond substituents is 2. The van der Waals surface area contributed by atoms with Crippen molar-refractivity contribution in [2.75, 3.05) is 24.5 Å². The second kappa shape index (κ2) is 14.0. The van der Waals surface area contributed by atoms with Gasteiger partial charge in [-0.1, -0.05) is 66.7 Å². The lowest BCUT2D eigenvalue weighted by molar-refractivity contribution is 0.0873. The zero-order valence-corrected chi connectivity index (χ0v) is 26.9. The van der Waals surface area contributed by atoms with Gasteiger partial charge in [0.05, 0.1) is 6.42 Å². The number of allylic oxidation sites excluding steroid dienone is 1. The van der Waals surface area contributed by atoms with Gasteiger partial charge in [0.25, 0.3) is 0 Å². The van der Waals surface area contributed by atoms with Crippen LogP contribution in [0.4, 0.5) is 5.69 Å². The molecule has 3 heterocycles. The van der Waals surface area contributed by atoms with Crippen LogP contribution in [0.2, 0.25) is 5.02 Å². The number of rotatable bonds is 9. The van der Waals surface area contributed by atoms with Crippen molar-refractivity contribution in [1.82, 2.24) is 10.2 Å². The molecule has 3 aliphatic rings. The number of benzene rings is 3. The molecule has 46 heavy (non-hydrogen) atoms. The fourth-order valence-electron chi connectivity index (χ4n) is 6.76. The van der Waals surface area contributed by atoms with Crippen LogP contribution in [0.15, 0.2) is 96.9 Å². The average molecular weight is 640 g/mol. The maximum absolute atomic E-state index is 12.9. The van der Waals surface area contributed by atoms with Gasteiger partial charge in [-0.3, -0.25) is 4.79 Å². The predicted molar refractivity (Wildman–Crippen MR) is 184 cm³/mol. The lowest BCUT2D eigenvalue weighted by Gasteiger charge is -2.35. The van der Waals surface area contributed by atoms with Gasteiger partial charge in [0, 0.05) is 66.5 Å². The number of nitrogens with zero attached hydrogens (tertiary/aromatic N) is 2. The molecule has 3 aromatic rings. The number of carbonyl (C=O) groups is 1. The Balaban J connectivity index is 1.16. The van der Waals surface area contributed by atoms with Crippen LogP contribution in [0.3, 0.4) is 0 Å². The zero-order valence-electron chi connectivity index (χ0n) is 26.2. The van der Waals surface area contributed by atoms with E-state index in [0.717, 1.165) is 57.1 Å². The molecule has 240 valence electrons. The summed E-state index contributed by atoms with van der Waals surface area (Å²) in [5.74, 6) is -0.545. The molecule has 0 saturated carbocycles. The molecular weight excluding hydrogens is 598 g/mol. The van der Waals surface area contributed by atoms with E-state index in [2.05, 4.69) is 58.6 Å². The standard InChI is InChI=1S/C38H42ClN3O4/c1-25-7-5-6-16-42(25)24-29-8-3-4-9-33(29)41-17-14-28(15-18-41)20-31(19-27-10-12-30(39)13-11-27)40-26(2)36-23-35(45)38-34(44)21-32(43)22-37(38)46-36/h3-4,8-13,20-22,31,36,40,43-44H,1-2,5-7,14-19,23-24H2/t31-,36?/m1/s1. The summed E-state index contributed by atoms with van der Waals surface area (Å²) in [6.45, 7) is 12.4. The van der Waals surface area contributed by atoms with Gasteiger partial charge in [0.1, 0.15) is 28.9 Å². The Morgan fingerprint density at radius 2 is 1.80 bits per heavy atom. The molecule has 0 aromatic heterocycles. The molecule has 3 N–H and O–H groups in total. The van der Waals surface area contributed by atoms with Crippen molar-refractivity contribution < 1.29 is 19.7 Å². The summed E-state index contributed by atoms with van der Waals surface area (Å²) < 4.78 is 6.06. The zero-order chi connectivity index (χ0) is 32.2. The molecule has 8 heteroatoms. The number of ether oxygens (including phenoxy) is 1. The Hall–Kier alpha value is -4.36. The third kappa shape index (κ3) is 7.37. The second-order valence-electron chi connectivity index (χ2n) is 12.6. The largest absolute Gasteiger partial charge is 0.508 e. The number of halogens is 1. The topological polar surface area (TPSA) is 85.3 Å². The Labute approximate surface area is 276 Å². The summed E-state index contributed by atoms with van der Waals surface area (Å²) in [6.07, 6.45) is 7.83. The smallest absolute Gasteiger partial charge is 0.174 e. The van der Waals surface area contributed by atoms with Crippen molar-refractivity contribution in [2.24, 2.45) is 0 Å². The first-order valence-corrected chi connectivity index (χ1v) is 16.5. The van der Waals surface area contributed by atoms with Crippen molar-refractivity contribution in [2.45, 2.75) is 63.6 Å². The summed E-state index contributed by atoms with van der Waals surface area (Å²) in [5, 5.41) is 24.4. The van der Waals surface area contributed by atoms with Gasteiger partial charge in [0.15, 0.2) is 5.78 Å². The molecule has 1 unspecified atom stereocenters. The van der Waals surface area contributed by atoms with Crippen LogP contribution in [0.25, 0.3) is 0 Å². The molecule has 2 atom stereocenters. The fourth-order valence-corrected chi connectivity index (χ4v) is 6.89. The van der Waals surface area contributed by atoms with Crippen molar-refractivity contribution >= 4 is 23.1 Å². The highest BCUT2D eigenvalue weighted by atomic mass is 35.5. The summed E-state index contributed by atoms with van der Waals surface area (Å²) in [5.41, 5.74) is 7.06. The minimum atomic E-state index is -0.637. The maximum Gasteiger partial charge on any atom is 0.174 e. The highest BCUT2D eigenvalue weighted by molar-refractivity contribution is 6.30. The SMILES string of the molecule is C=C(N[C@@H](C=C1CCN(c2ccccc2CN2CCCCC2=C)CC1)Cc1ccc(Cl)cc1)C1CC(=O)c2c(O)cc(O)cc2O1. The molecule has 0 spiro atoms. The number of aromatic hydroxyl groups is 2. The second-order valence-corrected chi connectivity index (χ2v) is 13.0. The number of carbonyl (C=O) groups excluding carboxylic acids is 1. The lowest BCUT2D eigenvalue weighted by Crippen LogP contribution is -2.39. The minimum absolute atomic E-state index is 0.0422. The fraction of sp³-hybridized carbons (Fsp3) is 0.342. The van der Waals surface area contributed by atoms with Gasteiger partial charge in [-0.15, -0.1) is 0 Å². The van der Waals surface area contributed by atoms with Crippen LogP contribution < -0.4 is 15.0 Å². The number of hydrogen-bond donors (Lipinski definition) is 3. The lowest BCUT2D eigenvalue weighted by atomic mass is 9.95. The quantitative estimate of drug-likeness (QED) is 0.209. The van der Waals surface area contributed by atoms with Crippen LogP contribution in [0.1, 0.15) is 60.0 Å². The van der Waals surface area contributed by atoms with E-state index in [-0.39, 0.29) is 41.1 Å². The van der Waals surface area contributed by atoms with E-state index in [1.807, 2.05) is 24.3 Å². The van der Waals surface area contributed by atoms with Crippen molar-refractivity contribution in [3.8, 4) is 17.2 Å². The van der Waals surface area contributed by atoms with Crippen LogP contribution in [0.5, 0.6) is 17.2 Å². The summed E-state index contributed by atoms with van der Waals surface area (Å²) >= 11 is 6.17. The third-order valence-electron chi connectivity index (χ3n) is 9.24. The molecule has 0 bridgehead atoms. The van der Waals surface area contributed by atoms with E-state index < -0.39 is 6.10 Å². The van der Waals surface area contributed by atoms with E-state index >= 15 is 0 Å². The Bertz CT molecular complexity index is 1640. The average Bonchev–Trinajstić information content (AvgIpc) is 3.03. The summed E-state index contributed by atoms with van der Waals surface area (Å²) in [7, 11) is 0. The predicted octanol–water partition coefficient (Wildman–Crippen LogP) is 7.53. The molecular formula is C38H42ClN3O4. The number of hydrogen-bond acceptors (Lipinski definition) is 7. The van der Waals surface area contributed by atoms with Crippen LogP contribution in [-0.4, -0.2) is 52.7 Å². The van der Waals surface area contributed by atoms with Gasteiger partial charge < -0.3 is 30.1 Å². The number of para-hydroxylation sites is 1. The number of phenols is 2. The first kappa shape index (κ1) is 31.6. The molecule has 2 saturated heterocycles. The summed E-state index contributed by atoms with van der Waals surface area (Å²) in [6, 6.07) is 19.0. The van der Waals surface area contributed by atoms with Crippen molar-refractivity contribution in [3.05, 3.63) is 119 Å². The van der Waals surface area contributed by atoms with Gasteiger partial charge in [0.2, 0.25) is 0 Å². The Morgan fingerprint density at radius 1 is 1.04 bits per heavy atom. The molecule has 0 radical (unpaired) electrons. The molecule has 2 fully saturated rings.